The minimum absolute atomic E-state index is 0.209. The zero-order chi connectivity index (χ0) is 20.4. The average Bonchev–Trinajstić information content (AvgIpc) is 3.33. The smallest absolute Gasteiger partial charge is 0.277 e. The lowest BCUT2D eigenvalue weighted by Gasteiger charge is -2.37. The number of rotatable bonds is 6. The molecule has 4 rings (SSSR count). The van der Waals surface area contributed by atoms with Crippen molar-refractivity contribution in [3.05, 3.63) is 57.9 Å². The first kappa shape index (κ1) is 19.7. The van der Waals surface area contributed by atoms with Gasteiger partial charge in [-0.3, -0.25) is 14.5 Å². The quantitative estimate of drug-likeness (QED) is 0.684. The van der Waals surface area contributed by atoms with Crippen LogP contribution in [0.2, 0.25) is 0 Å². The molecular weight excluding hydrogens is 386 g/mol. The van der Waals surface area contributed by atoms with Crippen LogP contribution in [0.1, 0.15) is 10.4 Å². The van der Waals surface area contributed by atoms with Gasteiger partial charge in [-0.2, -0.15) is 0 Å². The summed E-state index contributed by atoms with van der Waals surface area (Å²) < 4.78 is 5.10. The SMILES string of the molecule is COCCN1C(=O)C(c2cccs2)=C(N2CCN(c3cccc(C)c3)CC2)C1=O. The molecule has 1 fully saturated rings. The Morgan fingerprint density at radius 2 is 1.76 bits per heavy atom. The Kier molecular flexibility index (Phi) is 5.69. The minimum atomic E-state index is -0.217. The first-order chi connectivity index (χ1) is 14.1. The number of methoxy groups -OCH3 is 1. The molecule has 0 radical (unpaired) electrons. The summed E-state index contributed by atoms with van der Waals surface area (Å²) >= 11 is 1.49. The van der Waals surface area contributed by atoms with E-state index in [9.17, 15) is 9.59 Å². The standard InChI is InChI=1S/C22H25N3O3S/c1-16-5-3-6-17(15-16)23-8-10-24(11-9-23)20-19(18-7-4-14-29-18)21(26)25(22(20)27)12-13-28-2/h3-7,14-15H,8-13H2,1-2H3. The lowest BCUT2D eigenvalue weighted by molar-refractivity contribution is -0.138. The molecule has 152 valence electrons. The van der Waals surface area contributed by atoms with Gasteiger partial charge in [0.05, 0.1) is 18.7 Å². The molecule has 2 aliphatic heterocycles. The van der Waals surface area contributed by atoms with Gasteiger partial charge in [-0.25, -0.2) is 0 Å². The number of aryl methyl sites for hydroxylation is 1. The Morgan fingerprint density at radius 3 is 2.41 bits per heavy atom. The fraction of sp³-hybridized carbons (Fsp3) is 0.364. The maximum Gasteiger partial charge on any atom is 0.277 e. The van der Waals surface area contributed by atoms with E-state index in [-0.39, 0.29) is 18.4 Å². The number of thiophene rings is 1. The summed E-state index contributed by atoms with van der Waals surface area (Å²) in [5, 5.41) is 1.94. The van der Waals surface area contributed by atoms with E-state index >= 15 is 0 Å². The number of carbonyl (C=O) groups is 2. The van der Waals surface area contributed by atoms with Crippen LogP contribution in [0, 0.1) is 6.92 Å². The van der Waals surface area contributed by atoms with Crippen LogP contribution in [0.15, 0.2) is 47.5 Å². The number of hydrogen-bond acceptors (Lipinski definition) is 6. The normalized spacial score (nSPS) is 17.7. The summed E-state index contributed by atoms with van der Waals surface area (Å²) in [5.41, 5.74) is 3.51. The van der Waals surface area contributed by atoms with Crippen molar-refractivity contribution in [2.75, 3.05) is 51.3 Å². The number of imide groups is 1. The third kappa shape index (κ3) is 3.80. The molecule has 7 heteroatoms. The van der Waals surface area contributed by atoms with Gasteiger partial charge in [0, 0.05) is 43.9 Å². The van der Waals surface area contributed by atoms with E-state index in [1.54, 1.807) is 7.11 Å². The first-order valence-corrected chi connectivity index (χ1v) is 10.7. The van der Waals surface area contributed by atoms with E-state index in [1.165, 1.54) is 27.5 Å². The van der Waals surface area contributed by atoms with Crippen LogP contribution in [0.3, 0.4) is 0 Å². The Morgan fingerprint density at radius 1 is 1.00 bits per heavy atom. The van der Waals surface area contributed by atoms with Crippen LogP contribution < -0.4 is 4.90 Å². The number of amides is 2. The van der Waals surface area contributed by atoms with Crippen molar-refractivity contribution in [2.45, 2.75) is 6.92 Å². The second-order valence-electron chi connectivity index (χ2n) is 7.27. The molecule has 3 heterocycles. The minimum Gasteiger partial charge on any atom is -0.383 e. The van der Waals surface area contributed by atoms with Crippen molar-refractivity contribution in [1.29, 1.82) is 0 Å². The zero-order valence-corrected chi connectivity index (χ0v) is 17.6. The second-order valence-corrected chi connectivity index (χ2v) is 8.22. The van der Waals surface area contributed by atoms with E-state index in [2.05, 4.69) is 41.0 Å². The highest BCUT2D eigenvalue weighted by Crippen LogP contribution is 2.34. The molecule has 1 saturated heterocycles. The molecular formula is C22H25N3O3S. The Balaban J connectivity index is 1.58. The van der Waals surface area contributed by atoms with Crippen molar-refractivity contribution < 1.29 is 14.3 Å². The summed E-state index contributed by atoms with van der Waals surface area (Å²) in [6.07, 6.45) is 0. The Labute approximate surface area is 175 Å². The molecule has 0 aliphatic carbocycles. The molecule has 0 N–H and O–H groups in total. The van der Waals surface area contributed by atoms with Gasteiger partial charge in [0.2, 0.25) is 0 Å². The number of anilines is 1. The topological polar surface area (TPSA) is 53.1 Å². The van der Waals surface area contributed by atoms with E-state index in [0.29, 0.717) is 31.0 Å². The van der Waals surface area contributed by atoms with E-state index in [0.717, 1.165) is 18.0 Å². The van der Waals surface area contributed by atoms with Gasteiger partial charge in [0.1, 0.15) is 5.70 Å². The summed E-state index contributed by atoms with van der Waals surface area (Å²) in [4.78, 5) is 32.8. The summed E-state index contributed by atoms with van der Waals surface area (Å²) in [6, 6.07) is 12.3. The molecule has 1 aromatic heterocycles. The molecule has 0 saturated carbocycles. The number of ether oxygens (including phenoxy) is 1. The number of benzene rings is 1. The third-order valence-electron chi connectivity index (χ3n) is 5.39. The monoisotopic (exact) mass is 411 g/mol. The van der Waals surface area contributed by atoms with E-state index < -0.39 is 0 Å². The predicted octanol–water partition coefficient (Wildman–Crippen LogP) is 2.61. The Bertz CT molecular complexity index is 931. The number of carbonyl (C=O) groups excluding carboxylic acids is 2. The molecule has 2 aromatic rings. The van der Waals surface area contributed by atoms with Gasteiger partial charge in [-0.1, -0.05) is 18.2 Å². The second kappa shape index (κ2) is 8.39. The van der Waals surface area contributed by atoms with Crippen LogP contribution in [0.25, 0.3) is 5.57 Å². The predicted molar refractivity (Wildman–Crippen MR) is 115 cm³/mol. The molecule has 0 bridgehead atoms. The maximum atomic E-state index is 13.2. The van der Waals surface area contributed by atoms with Crippen LogP contribution >= 0.6 is 11.3 Å². The number of piperazine rings is 1. The van der Waals surface area contributed by atoms with Crippen molar-refractivity contribution in [3.8, 4) is 0 Å². The molecule has 1 aromatic carbocycles. The number of nitrogens with zero attached hydrogens (tertiary/aromatic N) is 3. The highest BCUT2D eigenvalue weighted by molar-refractivity contribution is 7.11. The van der Waals surface area contributed by atoms with Gasteiger partial charge in [0.25, 0.3) is 11.8 Å². The lowest BCUT2D eigenvalue weighted by Crippen LogP contribution is -2.47. The highest BCUT2D eigenvalue weighted by atomic mass is 32.1. The third-order valence-corrected chi connectivity index (χ3v) is 6.28. The van der Waals surface area contributed by atoms with Crippen molar-refractivity contribution in [2.24, 2.45) is 0 Å². The molecule has 6 nitrogen and oxygen atoms in total. The molecule has 29 heavy (non-hydrogen) atoms. The first-order valence-electron chi connectivity index (χ1n) is 9.80. The summed E-state index contributed by atoms with van der Waals surface area (Å²) in [6.45, 7) is 5.73. The van der Waals surface area contributed by atoms with Crippen molar-refractivity contribution >= 4 is 34.4 Å². The van der Waals surface area contributed by atoms with Crippen LogP contribution in [0.4, 0.5) is 5.69 Å². The van der Waals surface area contributed by atoms with Crippen molar-refractivity contribution in [3.63, 3.8) is 0 Å². The molecule has 2 aliphatic rings. The summed E-state index contributed by atoms with van der Waals surface area (Å²) in [7, 11) is 1.57. The number of hydrogen-bond donors (Lipinski definition) is 0. The van der Waals surface area contributed by atoms with Gasteiger partial charge < -0.3 is 14.5 Å². The summed E-state index contributed by atoms with van der Waals surface area (Å²) in [5.74, 6) is -0.426. The molecule has 0 unspecified atom stereocenters. The fourth-order valence-electron chi connectivity index (χ4n) is 3.90. The average molecular weight is 412 g/mol. The van der Waals surface area contributed by atoms with Crippen LogP contribution in [-0.4, -0.2) is 68.1 Å². The van der Waals surface area contributed by atoms with Crippen LogP contribution in [0.5, 0.6) is 0 Å². The van der Waals surface area contributed by atoms with Crippen molar-refractivity contribution in [1.82, 2.24) is 9.80 Å². The molecule has 2 amide bonds. The molecule has 0 spiro atoms. The largest absolute Gasteiger partial charge is 0.383 e. The van der Waals surface area contributed by atoms with Crippen LogP contribution in [-0.2, 0) is 14.3 Å². The van der Waals surface area contributed by atoms with Gasteiger partial charge in [-0.15, -0.1) is 11.3 Å². The lowest BCUT2D eigenvalue weighted by atomic mass is 10.1. The Hall–Kier alpha value is -2.64. The van der Waals surface area contributed by atoms with Gasteiger partial charge >= 0.3 is 0 Å². The van der Waals surface area contributed by atoms with E-state index in [4.69, 9.17) is 4.74 Å². The van der Waals surface area contributed by atoms with Gasteiger partial charge in [0.15, 0.2) is 0 Å². The highest BCUT2D eigenvalue weighted by Gasteiger charge is 2.42. The molecule has 0 atom stereocenters. The zero-order valence-electron chi connectivity index (χ0n) is 16.8. The van der Waals surface area contributed by atoms with E-state index in [1.807, 2.05) is 17.5 Å². The maximum absolute atomic E-state index is 13.2. The fourth-order valence-corrected chi connectivity index (χ4v) is 4.66. The van der Waals surface area contributed by atoms with Gasteiger partial charge in [-0.05, 0) is 36.1 Å².